The fourth-order valence-electron chi connectivity index (χ4n) is 5.10. The normalized spacial score (nSPS) is 18.4. The van der Waals surface area contributed by atoms with Crippen LogP contribution < -0.4 is 15.8 Å². The zero-order valence-corrected chi connectivity index (χ0v) is 22.3. The average molecular weight is 501 g/mol. The van der Waals surface area contributed by atoms with Gasteiger partial charge in [0.05, 0.1) is 5.56 Å². The van der Waals surface area contributed by atoms with Crippen LogP contribution in [0.2, 0.25) is 0 Å². The fraction of sp³-hybridized carbons (Fsp3) is 0.345. The summed E-state index contributed by atoms with van der Waals surface area (Å²) in [5.74, 6) is 0.912. The van der Waals surface area contributed by atoms with E-state index in [9.17, 15) is 9.59 Å². The predicted octanol–water partition coefficient (Wildman–Crippen LogP) is 5.64. The van der Waals surface area contributed by atoms with E-state index in [2.05, 4.69) is 55.3 Å². The monoisotopic (exact) mass is 500 g/mol. The van der Waals surface area contributed by atoms with Crippen LogP contribution in [0.15, 0.2) is 69.8 Å². The summed E-state index contributed by atoms with van der Waals surface area (Å²) in [5, 5.41) is 3.98. The first-order valence-electron chi connectivity index (χ1n) is 12.2. The van der Waals surface area contributed by atoms with Gasteiger partial charge in [-0.05, 0) is 42.0 Å². The lowest BCUT2D eigenvalue weighted by Crippen LogP contribution is -2.37. The molecule has 1 unspecified atom stereocenters. The minimum atomic E-state index is -0.441. The molecule has 7 heteroatoms. The Labute approximate surface area is 216 Å². The predicted molar refractivity (Wildman–Crippen MR) is 147 cm³/mol. The smallest absolute Gasteiger partial charge is 0.257 e. The van der Waals surface area contributed by atoms with E-state index in [0.717, 1.165) is 23.4 Å². The molecule has 2 N–H and O–H groups in total. The number of hydrogen-bond acceptors (Lipinski definition) is 6. The molecule has 1 aromatic heterocycles. The van der Waals surface area contributed by atoms with Gasteiger partial charge in [0.25, 0.3) is 5.56 Å². The van der Waals surface area contributed by atoms with Crippen molar-refractivity contribution in [2.45, 2.75) is 50.4 Å². The second kappa shape index (κ2) is 9.28. The van der Waals surface area contributed by atoms with E-state index in [1.807, 2.05) is 43.3 Å². The molecule has 0 fully saturated rings. The van der Waals surface area contributed by atoms with Crippen LogP contribution in [0.4, 0.5) is 11.5 Å². The lowest BCUT2D eigenvalue weighted by molar-refractivity contribution is -0.118. The van der Waals surface area contributed by atoms with Crippen LogP contribution >= 0.6 is 11.8 Å². The third kappa shape index (κ3) is 4.72. The Morgan fingerprint density at radius 2 is 1.72 bits per heavy atom. The summed E-state index contributed by atoms with van der Waals surface area (Å²) in [6, 6.07) is 16.5. The number of hydrogen-bond donors (Lipinski definition) is 2. The number of aryl methyl sites for hydroxylation is 1. The number of nitrogens with zero attached hydrogens (tertiary/aromatic N) is 2. The molecule has 36 heavy (non-hydrogen) atoms. The number of fused-ring (bicyclic) bond motifs is 1. The minimum absolute atomic E-state index is 0.0957. The summed E-state index contributed by atoms with van der Waals surface area (Å²) < 4.78 is 0. The van der Waals surface area contributed by atoms with Crippen molar-refractivity contribution in [3.8, 4) is 0 Å². The topological polar surface area (TPSA) is 78.1 Å². The molecule has 1 aliphatic carbocycles. The third-order valence-corrected chi connectivity index (χ3v) is 7.88. The molecule has 6 nitrogen and oxygen atoms in total. The first-order chi connectivity index (χ1) is 17.1. The number of aromatic nitrogens is 2. The summed E-state index contributed by atoms with van der Waals surface area (Å²) in [4.78, 5) is 36.8. The van der Waals surface area contributed by atoms with Crippen molar-refractivity contribution in [3.05, 3.63) is 92.4 Å². The number of carbonyl (C=O) groups is 1. The Kier molecular flexibility index (Phi) is 6.29. The Morgan fingerprint density at radius 1 is 1.03 bits per heavy atom. The fourth-order valence-corrected chi connectivity index (χ4v) is 5.91. The molecular weight excluding hydrogens is 468 g/mol. The number of anilines is 2. The molecule has 186 valence electrons. The first-order valence-corrected chi connectivity index (χ1v) is 13.2. The number of rotatable bonds is 5. The number of allylic oxidation sites excluding steroid dienone is 2. The van der Waals surface area contributed by atoms with Crippen LogP contribution in [0.5, 0.6) is 0 Å². The molecule has 0 radical (unpaired) electrons. The van der Waals surface area contributed by atoms with Gasteiger partial charge in [-0.3, -0.25) is 9.59 Å². The molecular formula is C29H32N4O2S. The minimum Gasteiger partial charge on any atom is -0.378 e. The number of carbonyl (C=O) groups excluding carboxylic acids is 1. The number of H-pyrrole nitrogens is 1. The van der Waals surface area contributed by atoms with E-state index >= 15 is 0 Å². The quantitative estimate of drug-likeness (QED) is 0.349. The average Bonchev–Trinajstić information content (AvgIpc) is 2.81. The van der Waals surface area contributed by atoms with Crippen molar-refractivity contribution in [1.29, 1.82) is 0 Å². The van der Waals surface area contributed by atoms with Crippen molar-refractivity contribution in [2.75, 3.05) is 24.3 Å². The highest BCUT2D eigenvalue weighted by Gasteiger charge is 2.42. The Hall–Kier alpha value is -3.32. The van der Waals surface area contributed by atoms with Crippen molar-refractivity contribution in [1.82, 2.24) is 9.97 Å². The zero-order chi connectivity index (χ0) is 25.6. The van der Waals surface area contributed by atoms with E-state index < -0.39 is 5.92 Å². The summed E-state index contributed by atoms with van der Waals surface area (Å²) in [6.45, 7) is 6.29. The van der Waals surface area contributed by atoms with Gasteiger partial charge >= 0.3 is 0 Å². The molecule has 0 spiro atoms. The third-order valence-electron chi connectivity index (χ3n) is 6.94. The number of nitrogens with one attached hydrogen (secondary N) is 2. The van der Waals surface area contributed by atoms with Crippen LogP contribution in [0, 0.1) is 12.3 Å². The van der Waals surface area contributed by atoms with Gasteiger partial charge in [0.2, 0.25) is 0 Å². The van der Waals surface area contributed by atoms with E-state index in [1.165, 1.54) is 22.9 Å². The van der Waals surface area contributed by atoms with E-state index in [0.29, 0.717) is 34.3 Å². The van der Waals surface area contributed by atoms with E-state index in [4.69, 9.17) is 4.98 Å². The molecule has 3 aromatic rings. The Morgan fingerprint density at radius 3 is 2.39 bits per heavy atom. The highest BCUT2D eigenvalue weighted by atomic mass is 32.2. The first kappa shape index (κ1) is 24.4. The molecule has 2 aromatic carbocycles. The van der Waals surface area contributed by atoms with Crippen molar-refractivity contribution in [3.63, 3.8) is 0 Å². The van der Waals surface area contributed by atoms with Gasteiger partial charge in [-0.15, -0.1) is 0 Å². The van der Waals surface area contributed by atoms with Crippen LogP contribution in [-0.4, -0.2) is 29.8 Å². The number of ketones is 1. The highest BCUT2D eigenvalue weighted by molar-refractivity contribution is 7.98. The highest BCUT2D eigenvalue weighted by Crippen LogP contribution is 2.47. The van der Waals surface area contributed by atoms with Crippen molar-refractivity contribution < 1.29 is 4.79 Å². The Balaban J connectivity index is 1.57. The van der Waals surface area contributed by atoms with Gasteiger partial charge in [0.1, 0.15) is 5.82 Å². The second-order valence-electron chi connectivity index (χ2n) is 10.8. The maximum Gasteiger partial charge on any atom is 0.257 e. The maximum absolute atomic E-state index is 13.5. The SMILES string of the molecule is Cc1ccc(CSc2nc3c(c(=O)[nH]2)C(c2ccc(N(C)C)cc2)C2=C(CC(C)(C)CC2=O)N3)cc1. The molecule has 0 amide bonds. The molecule has 1 aliphatic heterocycles. The van der Waals surface area contributed by atoms with Crippen LogP contribution in [0.3, 0.4) is 0 Å². The summed E-state index contributed by atoms with van der Waals surface area (Å²) in [6.07, 6.45) is 1.20. The molecule has 0 bridgehead atoms. The number of benzene rings is 2. The van der Waals surface area contributed by atoms with Gasteiger partial charge < -0.3 is 15.2 Å². The zero-order valence-electron chi connectivity index (χ0n) is 21.4. The van der Waals surface area contributed by atoms with Crippen molar-refractivity contribution in [2.24, 2.45) is 5.41 Å². The number of thioether (sulfide) groups is 1. The van der Waals surface area contributed by atoms with Gasteiger partial charge in [-0.2, -0.15) is 0 Å². The van der Waals surface area contributed by atoms with E-state index in [1.54, 1.807) is 0 Å². The Bertz CT molecular complexity index is 1400. The largest absolute Gasteiger partial charge is 0.378 e. The molecule has 1 atom stereocenters. The number of Topliss-reactive ketones (excluding diaryl/α,β-unsaturated/α-hetero) is 1. The summed E-state index contributed by atoms with van der Waals surface area (Å²) in [7, 11) is 3.99. The van der Waals surface area contributed by atoms with Gasteiger partial charge in [0, 0.05) is 49.1 Å². The summed E-state index contributed by atoms with van der Waals surface area (Å²) in [5.41, 5.74) is 6.12. The molecule has 0 saturated heterocycles. The van der Waals surface area contributed by atoms with Crippen LogP contribution in [0.25, 0.3) is 0 Å². The summed E-state index contributed by atoms with van der Waals surface area (Å²) >= 11 is 1.50. The van der Waals surface area contributed by atoms with Crippen LogP contribution in [0.1, 0.15) is 54.9 Å². The lowest BCUT2D eigenvalue weighted by Gasteiger charge is -2.38. The van der Waals surface area contributed by atoms with E-state index in [-0.39, 0.29) is 16.8 Å². The molecule has 5 rings (SSSR count). The number of aromatic amines is 1. The standard InChI is InChI=1S/C29H32N4O2S/c1-17-6-8-18(9-7-17)16-36-28-31-26-25(27(35)32-28)23(19-10-12-20(13-11-19)33(4)5)24-21(30-26)14-29(2,3)15-22(24)34/h6-13,23H,14-16H2,1-5H3,(H2,30,31,32,35). The van der Waals surface area contributed by atoms with Crippen LogP contribution in [-0.2, 0) is 10.5 Å². The van der Waals surface area contributed by atoms with Gasteiger partial charge in [0.15, 0.2) is 10.9 Å². The van der Waals surface area contributed by atoms with Gasteiger partial charge in [-0.1, -0.05) is 67.6 Å². The molecule has 0 saturated carbocycles. The lowest BCUT2D eigenvalue weighted by atomic mass is 9.69. The van der Waals surface area contributed by atoms with Gasteiger partial charge in [-0.25, -0.2) is 4.98 Å². The van der Waals surface area contributed by atoms with Crippen molar-refractivity contribution >= 4 is 29.1 Å². The molecule has 2 heterocycles. The molecule has 2 aliphatic rings. The second-order valence-corrected chi connectivity index (χ2v) is 11.7. The maximum atomic E-state index is 13.5.